The highest BCUT2D eigenvalue weighted by molar-refractivity contribution is 4.90. The van der Waals surface area contributed by atoms with Crippen LogP contribution in [-0.2, 0) is 4.74 Å². The molecule has 1 heterocycles. The molecule has 0 aromatic carbocycles. The van der Waals surface area contributed by atoms with Gasteiger partial charge >= 0.3 is 0 Å². The molecule has 1 aliphatic rings. The number of hydrogen-bond donors (Lipinski definition) is 4. The number of aliphatic hydroxyl groups excluding tert-OH is 3. The monoisotopic (exact) mass is 162 g/mol. The van der Waals surface area contributed by atoms with Gasteiger partial charge in [0.05, 0.1) is 12.7 Å². The third-order valence-corrected chi connectivity index (χ3v) is 1.67. The minimum Gasteiger partial charge on any atom is -0.394 e. The van der Waals surface area contributed by atoms with Gasteiger partial charge in [0.25, 0.3) is 0 Å². The Kier molecular flexibility index (Phi) is 2.80. The lowest BCUT2D eigenvalue weighted by atomic mass is 10.0. The van der Waals surface area contributed by atoms with Gasteiger partial charge in [-0.1, -0.05) is 0 Å². The second-order valence-corrected chi connectivity index (χ2v) is 2.57. The summed E-state index contributed by atoms with van der Waals surface area (Å²) in [6.07, 6.45) is -2.49. The molecule has 1 aliphatic heterocycles. The van der Waals surface area contributed by atoms with Crippen LogP contribution in [0.4, 0.5) is 0 Å². The molecule has 5 nitrogen and oxygen atoms in total. The van der Waals surface area contributed by atoms with Crippen LogP contribution < -0.4 is 5.73 Å². The average Bonchev–Trinajstić information content (AvgIpc) is 1.96. The third kappa shape index (κ3) is 1.88. The van der Waals surface area contributed by atoms with Crippen molar-refractivity contribution in [2.24, 2.45) is 5.73 Å². The van der Waals surface area contributed by atoms with Gasteiger partial charge in [0.2, 0.25) is 0 Å². The number of rotatable bonds is 1. The van der Waals surface area contributed by atoms with E-state index in [-0.39, 0.29) is 19.3 Å². The molecule has 0 amide bonds. The van der Waals surface area contributed by atoms with Crippen molar-refractivity contribution < 1.29 is 20.1 Å². The molecule has 1 rings (SSSR count). The highest BCUT2D eigenvalue weighted by Crippen LogP contribution is 2.20. The van der Waals surface area contributed by atoms with Crippen LogP contribution in [0.5, 0.6) is 0 Å². The molecule has 1 saturated heterocycles. The van der Waals surface area contributed by atoms with E-state index in [0.717, 1.165) is 0 Å². The smallest absolute Gasteiger partial charge is 0.162 e. The molecule has 0 spiro atoms. The van der Waals surface area contributed by atoms with Gasteiger partial charge in [-0.05, 0) is 0 Å². The lowest BCUT2D eigenvalue weighted by Gasteiger charge is -2.33. The first-order valence-electron chi connectivity index (χ1n) is 3.40. The maximum atomic E-state index is 9.15. The average molecular weight is 162 g/mol. The largest absolute Gasteiger partial charge is 0.394 e. The Bertz CT molecular complexity index is 132. The Balaban J connectivity index is 2.51. The van der Waals surface area contributed by atoms with Crippen molar-refractivity contribution in [1.29, 1.82) is 0 Å². The second kappa shape index (κ2) is 3.46. The molecule has 3 unspecified atom stereocenters. The van der Waals surface area contributed by atoms with E-state index in [9.17, 15) is 0 Å². The van der Waals surface area contributed by atoms with Crippen LogP contribution >= 0.6 is 0 Å². The SMILES string of the molecule is N[C]1CC(O)C(O)C(CO)O1. The van der Waals surface area contributed by atoms with Crippen LogP contribution in [0.3, 0.4) is 0 Å². The predicted molar refractivity (Wildman–Crippen MR) is 36.0 cm³/mol. The minimum atomic E-state index is -1.05. The fourth-order valence-electron chi connectivity index (χ4n) is 1.03. The molecule has 11 heavy (non-hydrogen) atoms. The van der Waals surface area contributed by atoms with Gasteiger partial charge in [0.1, 0.15) is 12.2 Å². The summed E-state index contributed by atoms with van der Waals surface area (Å²) in [5, 5.41) is 26.9. The van der Waals surface area contributed by atoms with E-state index < -0.39 is 18.3 Å². The van der Waals surface area contributed by atoms with Crippen molar-refractivity contribution >= 4 is 0 Å². The molecule has 5 N–H and O–H groups in total. The van der Waals surface area contributed by atoms with E-state index >= 15 is 0 Å². The number of aliphatic hydroxyl groups is 3. The Labute approximate surface area is 64.4 Å². The first-order chi connectivity index (χ1) is 5.15. The summed E-state index contributed by atoms with van der Waals surface area (Å²) < 4.78 is 4.85. The van der Waals surface area contributed by atoms with E-state index in [4.69, 9.17) is 25.8 Å². The summed E-state index contributed by atoms with van der Waals surface area (Å²) in [7, 11) is 0. The van der Waals surface area contributed by atoms with Crippen LogP contribution in [0.25, 0.3) is 0 Å². The van der Waals surface area contributed by atoms with Gasteiger partial charge in [-0.2, -0.15) is 0 Å². The van der Waals surface area contributed by atoms with Crippen molar-refractivity contribution in [3.8, 4) is 0 Å². The summed E-state index contributed by atoms with van der Waals surface area (Å²) >= 11 is 0. The van der Waals surface area contributed by atoms with Crippen molar-refractivity contribution in [2.45, 2.75) is 24.7 Å². The zero-order valence-electron chi connectivity index (χ0n) is 5.97. The standard InChI is InChI=1S/C6H12NO4/c7-5-1-3(9)6(10)4(2-8)11-5/h3-4,6,8-10H,1-2,7H2. The second-order valence-electron chi connectivity index (χ2n) is 2.57. The topological polar surface area (TPSA) is 95.9 Å². The Morgan fingerprint density at radius 3 is 2.73 bits per heavy atom. The molecule has 0 bridgehead atoms. The molecule has 1 radical (unpaired) electrons. The zero-order chi connectivity index (χ0) is 8.43. The molecule has 0 aromatic rings. The van der Waals surface area contributed by atoms with Gasteiger partial charge in [-0.25, -0.2) is 0 Å². The van der Waals surface area contributed by atoms with Gasteiger partial charge < -0.3 is 20.1 Å². The minimum absolute atomic E-state index is 0.123. The molecule has 1 fully saturated rings. The van der Waals surface area contributed by atoms with E-state index in [1.807, 2.05) is 0 Å². The molecule has 0 aliphatic carbocycles. The third-order valence-electron chi connectivity index (χ3n) is 1.67. The number of nitrogens with two attached hydrogens (primary N) is 1. The van der Waals surface area contributed by atoms with Crippen molar-refractivity contribution in [3.63, 3.8) is 0 Å². The molecule has 0 aromatic heterocycles. The maximum Gasteiger partial charge on any atom is 0.162 e. The van der Waals surface area contributed by atoms with Crippen LogP contribution in [-0.4, -0.2) is 40.2 Å². The Hall–Kier alpha value is -0.200. The van der Waals surface area contributed by atoms with Crippen LogP contribution in [0.2, 0.25) is 0 Å². The highest BCUT2D eigenvalue weighted by Gasteiger charge is 2.35. The van der Waals surface area contributed by atoms with Gasteiger partial charge in [0, 0.05) is 6.42 Å². The first-order valence-corrected chi connectivity index (χ1v) is 3.40. The Morgan fingerprint density at radius 2 is 2.18 bits per heavy atom. The molecule has 65 valence electrons. The summed E-state index contributed by atoms with van der Waals surface area (Å²) in [5.41, 5.74) is 5.27. The summed E-state index contributed by atoms with van der Waals surface area (Å²) in [6.45, 7) is -0.348. The Morgan fingerprint density at radius 1 is 1.55 bits per heavy atom. The quantitative estimate of drug-likeness (QED) is 0.355. The van der Waals surface area contributed by atoms with Gasteiger partial charge in [0.15, 0.2) is 6.23 Å². The lowest BCUT2D eigenvalue weighted by Crippen LogP contribution is -2.49. The molecule has 0 saturated carbocycles. The zero-order valence-corrected chi connectivity index (χ0v) is 5.97. The molecular weight excluding hydrogens is 150 g/mol. The molecule has 3 atom stereocenters. The lowest BCUT2D eigenvalue weighted by molar-refractivity contribution is -0.143. The van der Waals surface area contributed by atoms with Crippen molar-refractivity contribution in [2.75, 3.05) is 6.61 Å². The summed E-state index contributed by atoms with van der Waals surface area (Å²) in [6, 6.07) is 0. The van der Waals surface area contributed by atoms with Crippen LogP contribution in [0, 0.1) is 6.23 Å². The summed E-state index contributed by atoms with van der Waals surface area (Å²) in [5.74, 6) is 0. The van der Waals surface area contributed by atoms with Crippen LogP contribution in [0.1, 0.15) is 6.42 Å². The first kappa shape index (κ1) is 8.89. The van der Waals surface area contributed by atoms with Crippen LogP contribution in [0.15, 0.2) is 0 Å². The van der Waals surface area contributed by atoms with E-state index in [2.05, 4.69) is 0 Å². The molecule has 5 heteroatoms. The van der Waals surface area contributed by atoms with Gasteiger partial charge in [-0.15, -0.1) is 0 Å². The molecular formula is C6H12NO4. The van der Waals surface area contributed by atoms with Gasteiger partial charge in [-0.3, -0.25) is 5.73 Å². The van der Waals surface area contributed by atoms with Crippen molar-refractivity contribution in [3.05, 3.63) is 6.23 Å². The predicted octanol–water partition coefficient (Wildman–Crippen LogP) is -2.06. The number of hydrogen-bond acceptors (Lipinski definition) is 5. The normalized spacial score (nSPS) is 40.9. The van der Waals surface area contributed by atoms with E-state index in [0.29, 0.717) is 0 Å². The van der Waals surface area contributed by atoms with E-state index in [1.54, 1.807) is 0 Å². The summed E-state index contributed by atoms with van der Waals surface area (Å²) in [4.78, 5) is 0. The fourth-order valence-corrected chi connectivity index (χ4v) is 1.03. The highest BCUT2D eigenvalue weighted by atomic mass is 16.5. The maximum absolute atomic E-state index is 9.15. The van der Waals surface area contributed by atoms with Crippen molar-refractivity contribution in [1.82, 2.24) is 0 Å². The number of ether oxygens (including phenoxy) is 1. The fraction of sp³-hybridized carbons (Fsp3) is 0.833. The van der Waals surface area contributed by atoms with E-state index in [1.165, 1.54) is 0 Å².